The number of aromatic nitrogens is 3. The molecule has 1 aliphatic carbocycles. The molecule has 102 valence electrons. The van der Waals surface area contributed by atoms with Crippen LogP contribution in [0.4, 0.5) is 5.95 Å². The van der Waals surface area contributed by atoms with Crippen LogP contribution in [0, 0.1) is 5.92 Å². The Morgan fingerprint density at radius 1 is 1.37 bits per heavy atom. The van der Waals surface area contributed by atoms with E-state index >= 15 is 0 Å². The number of rotatable bonds is 3. The second kappa shape index (κ2) is 5.49. The first-order valence-electron chi connectivity index (χ1n) is 7.04. The zero-order valence-corrected chi connectivity index (χ0v) is 12.7. The van der Waals surface area contributed by atoms with Crippen molar-refractivity contribution in [1.29, 1.82) is 0 Å². The molecule has 0 aliphatic heterocycles. The lowest BCUT2D eigenvalue weighted by atomic mass is 9.83. The summed E-state index contributed by atoms with van der Waals surface area (Å²) in [6, 6.07) is 4.49. The lowest BCUT2D eigenvalue weighted by Crippen LogP contribution is -2.32. The van der Waals surface area contributed by atoms with E-state index in [1.54, 1.807) is 0 Å². The van der Waals surface area contributed by atoms with Gasteiger partial charge in [0.1, 0.15) is 0 Å². The van der Waals surface area contributed by atoms with E-state index in [1.807, 2.05) is 22.8 Å². The Hall–Kier alpha value is -1.10. The van der Waals surface area contributed by atoms with Crippen LogP contribution in [0.2, 0.25) is 0 Å². The molecule has 2 aromatic heterocycles. The largest absolute Gasteiger partial charge is 0.350 e. The predicted molar refractivity (Wildman–Crippen MR) is 80.3 cm³/mol. The SMILES string of the molecule is CCC1CCCCC1Nc1nc2ccc(Br)cn2n1. The Balaban J connectivity index is 1.80. The second-order valence-electron chi connectivity index (χ2n) is 5.29. The zero-order valence-electron chi connectivity index (χ0n) is 11.1. The quantitative estimate of drug-likeness (QED) is 0.932. The van der Waals surface area contributed by atoms with Gasteiger partial charge in [-0.05, 0) is 46.8 Å². The molecule has 0 amide bonds. The Labute approximate surface area is 121 Å². The van der Waals surface area contributed by atoms with Crippen LogP contribution in [-0.4, -0.2) is 20.6 Å². The molecule has 5 heteroatoms. The number of hydrogen-bond acceptors (Lipinski definition) is 3. The standard InChI is InChI=1S/C14H19BrN4/c1-2-10-5-3-4-6-12(10)16-14-17-13-8-7-11(15)9-19(13)18-14/h7-10,12H,2-6H2,1H3,(H,16,18). The van der Waals surface area contributed by atoms with Crippen molar-refractivity contribution >= 4 is 27.5 Å². The number of anilines is 1. The van der Waals surface area contributed by atoms with E-state index in [-0.39, 0.29) is 0 Å². The molecule has 1 fully saturated rings. The average molecular weight is 323 g/mol. The van der Waals surface area contributed by atoms with Gasteiger partial charge in [-0.2, -0.15) is 4.98 Å². The average Bonchev–Trinajstić information content (AvgIpc) is 2.80. The molecule has 0 bridgehead atoms. The fourth-order valence-corrected chi connectivity index (χ4v) is 3.30. The van der Waals surface area contributed by atoms with Gasteiger partial charge >= 0.3 is 0 Å². The first-order valence-corrected chi connectivity index (χ1v) is 7.84. The molecule has 1 N–H and O–H groups in total. The summed E-state index contributed by atoms with van der Waals surface area (Å²) in [5.41, 5.74) is 0.884. The maximum Gasteiger partial charge on any atom is 0.243 e. The Morgan fingerprint density at radius 2 is 2.21 bits per heavy atom. The van der Waals surface area contributed by atoms with E-state index in [0.29, 0.717) is 6.04 Å². The van der Waals surface area contributed by atoms with Gasteiger partial charge in [0.15, 0.2) is 5.65 Å². The lowest BCUT2D eigenvalue weighted by Gasteiger charge is -2.31. The van der Waals surface area contributed by atoms with Gasteiger partial charge in [-0.3, -0.25) is 0 Å². The minimum Gasteiger partial charge on any atom is -0.350 e. The fourth-order valence-electron chi connectivity index (χ4n) is 2.97. The summed E-state index contributed by atoms with van der Waals surface area (Å²) in [5.74, 6) is 1.51. The molecule has 2 aromatic rings. The minimum atomic E-state index is 0.527. The second-order valence-corrected chi connectivity index (χ2v) is 6.20. The third-order valence-corrected chi connectivity index (χ3v) is 4.51. The van der Waals surface area contributed by atoms with Crippen LogP contribution in [0.1, 0.15) is 39.0 Å². The van der Waals surface area contributed by atoms with E-state index in [0.717, 1.165) is 22.0 Å². The van der Waals surface area contributed by atoms with Crippen LogP contribution >= 0.6 is 15.9 Å². The van der Waals surface area contributed by atoms with E-state index in [9.17, 15) is 0 Å². The lowest BCUT2D eigenvalue weighted by molar-refractivity contribution is 0.316. The van der Waals surface area contributed by atoms with Crippen molar-refractivity contribution in [1.82, 2.24) is 14.6 Å². The monoisotopic (exact) mass is 322 g/mol. The highest BCUT2D eigenvalue weighted by Gasteiger charge is 2.24. The number of pyridine rings is 1. The highest BCUT2D eigenvalue weighted by atomic mass is 79.9. The molecular weight excluding hydrogens is 304 g/mol. The van der Waals surface area contributed by atoms with Gasteiger partial charge in [0.2, 0.25) is 5.95 Å². The molecule has 2 atom stereocenters. The molecule has 0 spiro atoms. The van der Waals surface area contributed by atoms with Gasteiger partial charge in [0, 0.05) is 16.7 Å². The molecule has 1 aliphatic rings. The summed E-state index contributed by atoms with van der Waals surface area (Å²) in [6.45, 7) is 2.28. The smallest absolute Gasteiger partial charge is 0.243 e. The summed E-state index contributed by atoms with van der Waals surface area (Å²) >= 11 is 3.45. The van der Waals surface area contributed by atoms with Crippen molar-refractivity contribution < 1.29 is 0 Å². The molecule has 1 saturated carbocycles. The van der Waals surface area contributed by atoms with Crippen LogP contribution in [-0.2, 0) is 0 Å². The van der Waals surface area contributed by atoms with Gasteiger partial charge in [0.05, 0.1) is 0 Å². The van der Waals surface area contributed by atoms with Gasteiger partial charge in [-0.15, -0.1) is 5.10 Å². The fraction of sp³-hybridized carbons (Fsp3) is 0.571. The van der Waals surface area contributed by atoms with Crippen LogP contribution in [0.5, 0.6) is 0 Å². The van der Waals surface area contributed by atoms with Crippen LogP contribution in [0.3, 0.4) is 0 Å². The Morgan fingerprint density at radius 3 is 3.05 bits per heavy atom. The highest BCUT2D eigenvalue weighted by Crippen LogP contribution is 2.28. The van der Waals surface area contributed by atoms with Crippen LogP contribution in [0.25, 0.3) is 5.65 Å². The number of halogens is 1. The summed E-state index contributed by atoms with van der Waals surface area (Å²) < 4.78 is 2.83. The van der Waals surface area contributed by atoms with Crippen molar-refractivity contribution in [3.8, 4) is 0 Å². The predicted octanol–water partition coefficient (Wildman–Crippen LogP) is 3.87. The normalized spacial score (nSPS) is 23.7. The molecule has 0 radical (unpaired) electrons. The molecule has 2 heterocycles. The number of nitrogens with zero attached hydrogens (tertiary/aromatic N) is 3. The highest BCUT2D eigenvalue weighted by molar-refractivity contribution is 9.10. The summed E-state index contributed by atoms with van der Waals surface area (Å²) in [5, 5.41) is 8.03. The molecule has 0 saturated heterocycles. The van der Waals surface area contributed by atoms with E-state index in [4.69, 9.17) is 0 Å². The maximum atomic E-state index is 4.54. The van der Waals surface area contributed by atoms with Gasteiger partial charge in [-0.25, -0.2) is 4.52 Å². The molecule has 4 nitrogen and oxygen atoms in total. The summed E-state index contributed by atoms with van der Waals surface area (Å²) in [6.07, 6.45) is 8.41. The topological polar surface area (TPSA) is 42.2 Å². The molecule has 2 unspecified atom stereocenters. The Bertz CT molecular complexity index is 566. The van der Waals surface area contributed by atoms with Crippen molar-refractivity contribution in [2.75, 3.05) is 5.32 Å². The molecule has 19 heavy (non-hydrogen) atoms. The van der Waals surface area contributed by atoms with Gasteiger partial charge in [-0.1, -0.05) is 26.2 Å². The minimum absolute atomic E-state index is 0.527. The third-order valence-electron chi connectivity index (χ3n) is 4.04. The van der Waals surface area contributed by atoms with E-state index < -0.39 is 0 Å². The first-order chi connectivity index (χ1) is 9.26. The van der Waals surface area contributed by atoms with Crippen molar-refractivity contribution in [2.24, 2.45) is 5.92 Å². The van der Waals surface area contributed by atoms with Crippen molar-refractivity contribution in [3.05, 3.63) is 22.8 Å². The third kappa shape index (κ3) is 2.76. The number of nitrogens with one attached hydrogen (secondary N) is 1. The van der Waals surface area contributed by atoms with Crippen molar-refractivity contribution in [2.45, 2.75) is 45.1 Å². The summed E-state index contributed by atoms with van der Waals surface area (Å²) in [4.78, 5) is 4.54. The van der Waals surface area contributed by atoms with E-state index in [1.165, 1.54) is 32.1 Å². The molecular formula is C14H19BrN4. The summed E-state index contributed by atoms with van der Waals surface area (Å²) in [7, 11) is 0. The molecule has 3 rings (SSSR count). The molecule has 0 aromatic carbocycles. The Kier molecular flexibility index (Phi) is 3.73. The number of hydrogen-bond donors (Lipinski definition) is 1. The van der Waals surface area contributed by atoms with E-state index in [2.05, 4.69) is 38.3 Å². The van der Waals surface area contributed by atoms with Crippen LogP contribution in [0.15, 0.2) is 22.8 Å². The maximum absolute atomic E-state index is 4.54. The first kappa shape index (κ1) is 12.9. The number of fused-ring (bicyclic) bond motifs is 1. The van der Waals surface area contributed by atoms with Crippen molar-refractivity contribution in [3.63, 3.8) is 0 Å². The van der Waals surface area contributed by atoms with Gasteiger partial charge < -0.3 is 5.32 Å². The zero-order chi connectivity index (χ0) is 13.2. The van der Waals surface area contributed by atoms with Gasteiger partial charge in [0.25, 0.3) is 0 Å². The van der Waals surface area contributed by atoms with Crippen LogP contribution < -0.4 is 5.32 Å².